The topological polar surface area (TPSA) is 66.5 Å². The van der Waals surface area contributed by atoms with Gasteiger partial charge in [-0.3, -0.25) is 19.3 Å². The van der Waals surface area contributed by atoms with Crippen LogP contribution in [0.3, 0.4) is 0 Å². The van der Waals surface area contributed by atoms with Crippen LogP contribution in [0, 0.1) is 5.92 Å². The molecule has 0 unspecified atom stereocenters. The molecule has 3 rings (SSSR count). The average Bonchev–Trinajstić information content (AvgIpc) is 2.81. The number of carbonyl (C=O) groups excluding carboxylic acids is 3. The zero-order valence-electron chi connectivity index (χ0n) is 12.5. The summed E-state index contributed by atoms with van der Waals surface area (Å²) < 4.78 is 0. The summed E-state index contributed by atoms with van der Waals surface area (Å²) in [5.41, 5.74) is 0.900. The van der Waals surface area contributed by atoms with Crippen LogP contribution < -0.4 is 5.32 Å². The van der Waals surface area contributed by atoms with Crippen molar-refractivity contribution in [2.24, 2.45) is 5.92 Å². The van der Waals surface area contributed by atoms with E-state index in [1.807, 2.05) is 0 Å². The van der Waals surface area contributed by atoms with Crippen molar-refractivity contribution >= 4 is 17.7 Å². The van der Waals surface area contributed by atoms with Crippen molar-refractivity contribution in [3.8, 4) is 0 Å². The fraction of sp³-hybridized carbons (Fsp3) is 0.471. The third-order valence-electron chi connectivity index (χ3n) is 4.49. The molecule has 1 aromatic carbocycles. The lowest BCUT2D eigenvalue weighted by Gasteiger charge is -2.21. The summed E-state index contributed by atoms with van der Waals surface area (Å²) in [5.74, 6) is -0.396. The second kappa shape index (κ2) is 6.30. The van der Waals surface area contributed by atoms with E-state index in [1.54, 1.807) is 24.3 Å². The van der Waals surface area contributed by atoms with E-state index in [0.29, 0.717) is 17.7 Å². The van der Waals surface area contributed by atoms with Gasteiger partial charge in [0.1, 0.15) is 0 Å². The summed E-state index contributed by atoms with van der Waals surface area (Å²) in [6.45, 7) is 0.547. The summed E-state index contributed by atoms with van der Waals surface area (Å²) in [5, 5.41) is 2.86. The van der Waals surface area contributed by atoms with Crippen LogP contribution in [0.1, 0.15) is 52.8 Å². The van der Waals surface area contributed by atoms with Gasteiger partial charge in [-0.2, -0.15) is 0 Å². The highest BCUT2D eigenvalue weighted by Gasteiger charge is 2.34. The number of rotatable bonds is 4. The van der Waals surface area contributed by atoms with Gasteiger partial charge in [0.15, 0.2) is 0 Å². The lowest BCUT2D eigenvalue weighted by Crippen LogP contribution is -2.40. The molecule has 5 heteroatoms. The van der Waals surface area contributed by atoms with Gasteiger partial charge < -0.3 is 5.32 Å². The number of hydrogen-bond donors (Lipinski definition) is 1. The lowest BCUT2D eigenvalue weighted by molar-refractivity contribution is -0.125. The first-order valence-corrected chi connectivity index (χ1v) is 7.91. The molecule has 3 amide bonds. The van der Waals surface area contributed by atoms with Gasteiger partial charge in [0.25, 0.3) is 11.8 Å². The van der Waals surface area contributed by atoms with Gasteiger partial charge in [-0.25, -0.2) is 0 Å². The minimum atomic E-state index is -0.271. The van der Waals surface area contributed by atoms with Crippen molar-refractivity contribution in [1.82, 2.24) is 10.2 Å². The number of nitrogens with one attached hydrogen (secondary N) is 1. The molecule has 5 nitrogen and oxygen atoms in total. The molecule has 0 bridgehead atoms. The number of fused-ring (bicyclic) bond motifs is 1. The van der Waals surface area contributed by atoms with Crippen molar-refractivity contribution < 1.29 is 14.4 Å². The Balaban J connectivity index is 1.53. The zero-order valence-corrected chi connectivity index (χ0v) is 12.5. The molecule has 116 valence electrons. The molecule has 0 saturated heterocycles. The van der Waals surface area contributed by atoms with Gasteiger partial charge in [-0.15, -0.1) is 0 Å². The number of benzene rings is 1. The minimum absolute atomic E-state index is 0.0521. The van der Waals surface area contributed by atoms with Crippen molar-refractivity contribution in [2.45, 2.75) is 32.1 Å². The molecular formula is C17H20N2O3. The van der Waals surface area contributed by atoms with E-state index in [2.05, 4.69) is 5.32 Å². The van der Waals surface area contributed by atoms with Gasteiger partial charge in [0.2, 0.25) is 5.91 Å². The first-order chi connectivity index (χ1) is 10.7. The number of hydrogen-bond acceptors (Lipinski definition) is 3. The minimum Gasteiger partial charge on any atom is -0.354 e. The maximum absolute atomic E-state index is 12.2. The maximum Gasteiger partial charge on any atom is 0.261 e. The summed E-state index contributed by atoms with van der Waals surface area (Å²) in [4.78, 5) is 37.6. The van der Waals surface area contributed by atoms with Crippen LogP contribution in [0.5, 0.6) is 0 Å². The number of imide groups is 1. The van der Waals surface area contributed by atoms with Crippen LogP contribution in [0.25, 0.3) is 0 Å². The number of amides is 3. The fourth-order valence-corrected chi connectivity index (χ4v) is 3.24. The van der Waals surface area contributed by atoms with E-state index < -0.39 is 0 Å². The largest absolute Gasteiger partial charge is 0.354 e. The van der Waals surface area contributed by atoms with Crippen molar-refractivity contribution in [3.63, 3.8) is 0 Å². The molecule has 0 radical (unpaired) electrons. The monoisotopic (exact) mass is 300 g/mol. The first-order valence-electron chi connectivity index (χ1n) is 7.91. The Labute approximate surface area is 129 Å². The Bertz CT molecular complexity index is 571. The normalized spacial score (nSPS) is 18.5. The molecule has 1 aliphatic carbocycles. The highest BCUT2D eigenvalue weighted by Crippen LogP contribution is 2.24. The fourth-order valence-electron chi connectivity index (χ4n) is 3.24. The molecule has 0 spiro atoms. The highest BCUT2D eigenvalue weighted by molar-refractivity contribution is 6.21. The van der Waals surface area contributed by atoms with Crippen molar-refractivity contribution in [3.05, 3.63) is 35.4 Å². The van der Waals surface area contributed by atoms with E-state index >= 15 is 0 Å². The third kappa shape index (κ3) is 2.75. The first kappa shape index (κ1) is 14.8. The van der Waals surface area contributed by atoms with Gasteiger partial charge in [-0.05, 0) is 25.0 Å². The Morgan fingerprint density at radius 1 is 1.05 bits per heavy atom. The van der Waals surface area contributed by atoms with Gasteiger partial charge >= 0.3 is 0 Å². The van der Waals surface area contributed by atoms with E-state index in [0.717, 1.165) is 25.7 Å². The predicted molar refractivity (Wildman–Crippen MR) is 81.4 cm³/mol. The summed E-state index contributed by atoms with van der Waals surface area (Å²) in [6.07, 6.45) is 5.31. The van der Waals surface area contributed by atoms with Crippen molar-refractivity contribution in [1.29, 1.82) is 0 Å². The highest BCUT2D eigenvalue weighted by atomic mass is 16.2. The van der Waals surface area contributed by atoms with Crippen LogP contribution in [-0.4, -0.2) is 35.7 Å². The van der Waals surface area contributed by atoms with Gasteiger partial charge in [0.05, 0.1) is 11.1 Å². The van der Waals surface area contributed by atoms with Crippen molar-refractivity contribution in [2.75, 3.05) is 13.1 Å². The van der Waals surface area contributed by atoms with Crippen LogP contribution in [0.15, 0.2) is 24.3 Å². The Morgan fingerprint density at radius 2 is 1.64 bits per heavy atom. The molecule has 1 N–H and O–H groups in total. The molecule has 2 aliphatic rings. The van der Waals surface area contributed by atoms with E-state index in [4.69, 9.17) is 0 Å². The molecule has 0 aromatic heterocycles. The average molecular weight is 300 g/mol. The molecule has 1 aliphatic heterocycles. The van der Waals surface area contributed by atoms with Gasteiger partial charge in [0, 0.05) is 19.0 Å². The lowest BCUT2D eigenvalue weighted by atomic mass is 9.89. The number of carbonyl (C=O) groups is 3. The van der Waals surface area contributed by atoms with Crippen LogP contribution >= 0.6 is 0 Å². The maximum atomic E-state index is 12.2. The summed E-state index contributed by atoms with van der Waals surface area (Å²) in [7, 11) is 0. The Hall–Kier alpha value is -2.17. The zero-order chi connectivity index (χ0) is 15.5. The molecule has 1 heterocycles. The predicted octanol–water partition coefficient (Wildman–Crippen LogP) is 1.98. The molecule has 1 fully saturated rings. The smallest absolute Gasteiger partial charge is 0.261 e. The number of nitrogens with zero attached hydrogens (tertiary/aromatic N) is 1. The molecule has 1 aromatic rings. The third-order valence-corrected chi connectivity index (χ3v) is 4.49. The second-order valence-corrected chi connectivity index (χ2v) is 5.93. The SMILES string of the molecule is O=C(NCCN1C(=O)c2ccccc2C1=O)C1CCCCC1. The van der Waals surface area contributed by atoms with E-state index in [1.165, 1.54) is 11.3 Å². The van der Waals surface area contributed by atoms with Crippen LogP contribution in [0.4, 0.5) is 0 Å². The van der Waals surface area contributed by atoms with Crippen LogP contribution in [0.2, 0.25) is 0 Å². The second-order valence-electron chi connectivity index (χ2n) is 5.93. The quantitative estimate of drug-likeness (QED) is 0.865. The Kier molecular flexibility index (Phi) is 4.22. The van der Waals surface area contributed by atoms with E-state index in [9.17, 15) is 14.4 Å². The van der Waals surface area contributed by atoms with Gasteiger partial charge in [-0.1, -0.05) is 31.4 Å². The Morgan fingerprint density at radius 3 is 2.23 bits per heavy atom. The molecule has 0 atom stereocenters. The summed E-state index contributed by atoms with van der Waals surface area (Å²) in [6, 6.07) is 6.82. The van der Waals surface area contributed by atoms with Crippen LogP contribution in [-0.2, 0) is 4.79 Å². The van der Waals surface area contributed by atoms with E-state index in [-0.39, 0.29) is 30.2 Å². The molecule has 1 saturated carbocycles. The molecular weight excluding hydrogens is 280 g/mol. The summed E-state index contributed by atoms with van der Waals surface area (Å²) >= 11 is 0. The standard InChI is InChI=1S/C17H20N2O3/c20-15(12-6-2-1-3-7-12)18-10-11-19-16(21)13-8-4-5-9-14(13)17(19)22/h4-5,8-9,12H,1-3,6-7,10-11H2,(H,18,20). The molecule has 22 heavy (non-hydrogen) atoms.